The number of ether oxygens (including phenoxy) is 3. The Kier molecular flexibility index (Phi) is 5.91. The van der Waals surface area contributed by atoms with Gasteiger partial charge in [0.1, 0.15) is 29.5 Å². The molecule has 2 N–H and O–H groups in total. The van der Waals surface area contributed by atoms with E-state index in [9.17, 15) is 9.50 Å². The number of hydrogen-bond acceptors (Lipinski definition) is 5. The Balaban J connectivity index is 0.00000210. The summed E-state index contributed by atoms with van der Waals surface area (Å²) in [6, 6.07) is 10.5. The van der Waals surface area contributed by atoms with E-state index in [1.807, 2.05) is 24.3 Å². The molecule has 0 saturated carbocycles. The molecule has 2 aliphatic rings. The van der Waals surface area contributed by atoms with E-state index < -0.39 is 11.9 Å². The number of rotatable bonds is 4. The minimum atomic E-state index is -1.12. The Morgan fingerprint density at radius 3 is 2.56 bits per heavy atom. The van der Waals surface area contributed by atoms with Crippen molar-refractivity contribution in [2.75, 3.05) is 20.2 Å². The molecule has 1 unspecified atom stereocenters. The third-order valence-electron chi connectivity index (χ3n) is 5.13. The third-order valence-corrected chi connectivity index (χ3v) is 5.13. The summed E-state index contributed by atoms with van der Waals surface area (Å²) >= 11 is 0. The van der Waals surface area contributed by atoms with E-state index >= 15 is 0 Å². The van der Waals surface area contributed by atoms with Crippen molar-refractivity contribution in [3.63, 3.8) is 0 Å². The normalized spacial score (nSPS) is 20.0. The van der Waals surface area contributed by atoms with Crippen molar-refractivity contribution in [2.45, 2.75) is 31.3 Å². The fraction of sp³-hybridized carbons (Fsp3) is 0.400. The van der Waals surface area contributed by atoms with Gasteiger partial charge in [0.15, 0.2) is 6.29 Å². The first kappa shape index (κ1) is 19.9. The second-order valence-corrected chi connectivity index (χ2v) is 6.72. The molecule has 5 nitrogen and oxygen atoms in total. The van der Waals surface area contributed by atoms with Gasteiger partial charge in [0.2, 0.25) is 0 Å². The highest BCUT2D eigenvalue weighted by Crippen LogP contribution is 2.49. The quantitative estimate of drug-likeness (QED) is 0.830. The number of aliphatic hydroxyl groups excluding tert-OH is 1. The van der Waals surface area contributed by atoms with Crippen LogP contribution in [0.2, 0.25) is 0 Å². The predicted molar refractivity (Wildman–Crippen MR) is 101 cm³/mol. The van der Waals surface area contributed by atoms with E-state index in [4.69, 9.17) is 14.2 Å². The second-order valence-electron chi connectivity index (χ2n) is 6.72. The van der Waals surface area contributed by atoms with Crippen LogP contribution in [-0.4, -0.2) is 25.3 Å². The van der Waals surface area contributed by atoms with E-state index in [1.165, 1.54) is 6.07 Å². The van der Waals surface area contributed by atoms with E-state index in [2.05, 4.69) is 5.32 Å². The molecule has 0 amide bonds. The summed E-state index contributed by atoms with van der Waals surface area (Å²) in [4.78, 5) is 0. The molecule has 2 aliphatic heterocycles. The first-order chi connectivity index (χ1) is 12.6. The molecule has 4 rings (SSSR count). The van der Waals surface area contributed by atoms with Gasteiger partial charge in [-0.1, -0.05) is 12.1 Å². The molecule has 2 aromatic carbocycles. The van der Waals surface area contributed by atoms with Crippen molar-refractivity contribution in [3.05, 3.63) is 58.9 Å². The Labute approximate surface area is 163 Å². The lowest BCUT2D eigenvalue weighted by molar-refractivity contribution is -0.182. The highest BCUT2D eigenvalue weighted by Gasteiger charge is 2.47. The number of methoxy groups -OCH3 is 1. The van der Waals surface area contributed by atoms with Gasteiger partial charge in [-0.3, -0.25) is 0 Å². The van der Waals surface area contributed by atoms with Crippen LogP contribution in [0.15, 0.2) is 36.4 Å². The van der Waals surface area contributed by atoms with Crippen LogP contribution in [0.25, 0.3) is 0 Å². The summed E-state index contributed by atoms with van der Waals surface area (Å²) in [6.07, 6.45) is 0.155. The van der Waals surface area contributed by atoms with Crippen molar-refractivity contribution in [3.8, 4) is 11.5 Å². The van der Waals surface area contributed by atoms with Gasteiger partial charge in [-0.05, 0) is 49.7 Å². The molecule has 0 bridgehead atoms. The topological polar surface area (TPSA) is 60.0 Å². The van der Waals surface area contributed by atoms with Crippen molar-refractivity contribution in [1.29, 1.82) is 0 Å². The van der Waals surface area contributed by atoms with Gasteiger partial charge < -0.3 is 24.6 Å². The molecular formula is C20H23ClFNO4. The standard InChI is InChI=1S/C20H22FNO4.ClH/c1-24-14-4-2-13(3-5-14)12-25-15-10-16-18(17(21)11-15)20(26-19(16)23)6-8-22-9-7-20;/h2-5,10-11,19,22-23H,6-9,12H2,1H3;1H. The third kappa shape index (κ3) is 3.75. The summed E-state index contributed by atoms with van der Waals surface area (Å²) in [5.41, 5.74) is 1.15. The Morgan fingerprint density at radius 1 is 1.19 bits per heavy atom. The number of nitrogens with one attached hydrogen (secondary N) is 1. The molecule has 1 fully saturated rings. The van der Waals surface area contributed by atoms with E-state index in [-0.39, 0.29) is 18.2 Å². The van der Waals surface area contributed by atoms with E-state index in [0.717, 1.165) is 24.4 Å². The zero-order chi connectivity index (χ0) is 18.1. The maximum atomic E-state index is 14.9. The van der Waals surface area contributed by atoms with Crippen molar-refractivity contribution >= 4 is 12.4 Å². The first-order valence-corrected chi connectivity index (χ1v) is 8.77. The van der Waals surface area contributed by atoms with Crippen molar-refractivity contribution in [1.82, 2.24) is 5.32 Å². The molecular weight excluding hydrogens is 373 g/mol. The summed E-state index contributed by atoms with van der Waals surface area (Å²) in [5, 5.41) is 13.6. The lowest BCUT2D eigenvalue weighted by Gasteiger charge is -2.34. The summed E-state index contributed by atoms with van der Waals surface area (Å²) < 4.78 is 31.5. The van der Waals surface area contributed by atoms with Gasteiger partial charge in [-0.15, -0.1) is 12.4 Å². The van der Waals surface area contributed by atoms with E-state index in [1.54, 1.807) is 13.2 Å². The molecule has 1 saturated heterocycles. The maximum Gasteiger partial charge on any atom is 0.182 e. The molecule has 2 aromatic rings. The fourth-order valence-electron chi connectivity index (χ4n) is 3.78. The average molecular weight is 396 g/mol. The van der Waals surface area contributed by atoms with Gasteiger partial charge in [-0.2, -0.15) is 0 Å². The van der Waals surface area contributed by atoms with Gasteiger partial charge in [0.25, 0.3) is 0 Å². The molecule has 27 heavy (non-hydrogen) atoms. The van der Waals surface area contributed by atoms with Crippen molar-refractivity contribution in [2.24, 2.45) is 0 Å². The Morgan fingerprint density at radius 2 is 1.89 bits per heavy atom. The predicted octanol–water partition coefficient (Wildman–Crippen LogP) is 3.43. The molecule has 1 spiro atoms. The largest absolute Gasteiger partial charge is 0.497 e. The van der Waals surface area contributed by atoms with Crippen LogP contribution in [0.4, 0.5) is 4.39 Å². The smallest absolute Gasteiger partial charge is 0.182 e. The number of benzene rings is 2. The lowest BCUT2D eigenvalue weighted by Crippen LogP contribution is -2.40. The molecule has 7 heteroatoms. The minimum Gasteiger partial charge on any atom is -0.497 e. The zero-order valence-corrected chi connectivity index (χ0v) is 15.9. The van der Waals surface area contributed by atoms with Crippen LogP contribution in [0, 0.1) is 5.82 Å². The minimum absolute atomic E-state index is 0. The lowest BCUT2D eigenvalue weighted by atomic mass is 9.84. The SMILES string of the molecule is COc1ccc(COc2cc(F)c3c(c2)C(O)OC32CCNCC2)cc1.Cl. The molecule has 1 atom stereocenters. The summed E-state index contributed by atoms with van der Waals surface area (Å²) in [7, 11) is 1.61. The number of aliphatic hydroxyl groups is 1. The Hall–Kier alpha value is -1.86. The van der Waals surface area contributed by atoms with Crippen LogP contribution >= 0.6 is 12.4 Å². The fourth-order valence-corrected chi connectivity index (χ4v) is 3.78. The number of piperidine rings is 1. The van der Waals surface area contributed by atoms with Crippen LogP contribution < -0.4 is 14.8 Å². The maximum absolute atomic E-state index is 14.9. The molecule has 2 heterocycles. The summed E-state index contributed by atoms with van der Waals surface area (Å²) in [6.45, 7) is 1.77. The molecule has 0 aliphatic carbocycles. The number of hydrogen-bond donors (Lipinski definition) is 2. The van der Waals surface area contributed by atoms with Crippen LogP contribution in [0.3, 0.4) is 0 Å². The monoisotopic (exact) mass is 395 g/mol. The van der Waals surface area contributed by atoms with Crippen LogP contribution in [-0.2, 0) is 16.9 Å². The van der Waals surface area contributed by atoms with Crippen molar-refractivity contribution < 1.29 is 23.7 Å². The highest BCUT2D eigenvalue weighted by molar-refractivity contribution is 5.85. The van der Waals surface area contributed by atoms with Gasteiger partial charge in [-0.25, -0.2) is 4.39 Å². The molecule has 0 radical (unpaired) electrons. The average Bonchev–Trinajstić information content (AvgIpc) is 2.92. The van der Waals surface area contributed by atoms with E-state index in [0.29, 0.717) is 36.3 Å². The number of fused-ring (bicyclic) bond motifs is 2. The summed E-state index contributed by atoms with van der Waals surface area (Å²) in [5.74, 6) is 0.765. The van der Waals surface area contributed by atoms with Gasteiger partial charge in [0.05, 0.1) is 7.11 Å². The van der Waals surface area contributed by atoms with Crippen LogP contribution in [0.5, 0.6) is 11.5 Å². The first-order valence-electron chi connectivity index (χ1n) is 8.77. The highest BCUT2D eigenvalue weighted by atomic mass is 35.5. The zero-order valence-electron chi connectivity index (χ0n) is 15.0. The molecule has 146 valence electrons. The number of halogens is 2. The van der Waals surface area contributed by atoms with Gasteiger partial charge in [0, 0.05) is 17.2 Å². The Bertz CT molecular complexity index is 793. The van der Waals surface area contributed by atoms with Gasteiger partial charge >= 0.3 is 0 Å². The van der Waals surface area contributed by atoms with Crippen LogP contribution in [0.1, 0.15) is 35.8 Å². The molecule has 0 aromatic heterocycles. The second kappa shape index (κ2) is 8.02.